The summed E-state index contributed by atoms with van der Waals surface area (Å²) in [5.74, 6) is 13.7. The molecule has 0 unspecified atom stereocenters. The van der Waals surface area contributed by atoms with Crippen LogP contribution in [0.3, 0.4) is 0 Å². The van der Waals surface area contributed by atoms with Crippen molar-refractivity contribution in [2.24, 2.45) is 20.4 Å². The van der Waals surface area contributed by atoms with Gasteiger partial charge in [0.1, 0.15) is 48.9 Å². The van der Waals surface area contributed by atoms with Crippen molar-refractivity contribution in [1.82, 2.24) is 4.90 Å². The van der Waals surface area contributed by atoms with E-state index in [1.807, 2.05) is 50.4 Å². The topological polar surface area (TPSA) is 216 Å². The van der Waals surface area contributed by atoms with Crippen LogP contribution in [0.4, 0.5) is 5.82 Å². The maximum atomic E-state index is 12.3. The van der Waals surface area contributed by atoms with Gasteiger partial charge >= 0.3 is 109 Å². The van der Waals surface area contributed by atoms with Gasteiger partial charge in [-0.3, -0.25) is 0 Å². The molecule has 0 saturated heterocycles. The Morgan fingerprint density at radius 1 is 0.743 bits per heavy atom. The van der Waals surface area contributed by atoms with E-state index in [0.29, 0.717) is 41.3 Å². The number of fused-ring (bicyclic) bond motifs is 2. The summed E-state index contributed by atoms with van der Waals surface area (Å²) in [6, 6.07) is 18.6. The minimum absolute atomic E-state index is 0. The number of isothiocyanates is 1. The largest absolute Gasteiger partial charge is 1.00 e. The van der Waals surface area contributed by atoms with Crippen LogP contribution in [0.5, 0.6) is 0 Å². The van der Waals surface area contributed by atoms with E-state index < -0.39 is 41.2 Å². The summed E-state index contributed by atoms with van der Waals surface area (Å²) in [6.45, 7) is 9.38. The molecule has 0 aliphatic carbocycles. The van der Waals surface area contributed by atoms with Crippen LogP contribution in [0.25, 0.3) is 0 Å². The third-order valence-corrected chi connectivity index (χ3v) is 14.4. The molecule has 0 spiro atoms. The quantitative estimate of drug-likeness (QED) is 0.0348. The first-order chi connectivity index (χ1) is 32.1. The number of aromatic nitrogens is 1. The van der Waals surface area contributed by atoms with Crippen molar-refractivity contribution in [2.45, 2.75) is 73.6 Å². The van der Waals surface area contributed by atoms with Gasteiger partial charge in [-0.05, 0) is 129 Å². The van der Waals surface area contributed by atoms with Crippen molar-refractivity contribution in [1.29, 1.82) is 0 Å². The van der Waals surface area contributed by atoms with Gasteiger partial charge in [-0.25, -0.2) is 39.8 Å². The number of rotatable bonds is 13. The van der Waals surface area contributed by atoms with E-state index in [1.165, 1.54) is 60.7 Å². The minimum Gasteiger partial charge on any atom is -0.744 e. The molecule has 70 heavy (non-hydrogen) atoms. The predicted molar refractivity (Wildman–Crippen MR) is 257 cm³/mol. The van der Waals surface area contributed by atoms with Gasteiger partial charge in [0.15, 0.2) is 5.71 Å². The summed E-state index contributed by atoms with van der Waals surface area (Å²) in [5.41, 5.74) is 4.43. The molecule has 348 valence electrons. The van der Waals surface area contributed by atoms with Gasteiger partial charge in [-0.1, -0.05) is 61.8 Å². The van der Waals surface area contributed by atoms with Gasteiger partial charge in [0.2, 0.25) is 0 Å². The van der Waals surface area contributed by atoms with E-state index >= 15 is 0 Å². The van der Waals surface area contributed by atoms with Crippen molar-refractivity contribution in [3.05, 3.63) is 160 Å². The zero-order chi connectivity index (χ0) is 49.1. The van der Waals surface area contributed by atoms with Crippen molar-refractivity contribution >= 4 is 65.1 Å². The Hall–Kier alpha value is -3.17. The fraction of sp³-hybridized carbons (Fsp3) is 0.240. The molecule has 0 radical (unpaired) electrons. The van der Waals surface area contributed by atoms with Crippen LogP contribution in [-0.2, 0) is 42.3 Å². The first-order valence-electron chi connectivity index (χ1n) is 21.1. The molecule has 4 heterocycles. The first-order valence-corrected chi connectivity index (χ1v) is 25.8. The minimum atomic E-state index is -4.82. The van der Waals surface area contributed by atoms with Crippen LogP contribution in [0, 0.1) is 29.1 Å². The number of amidine groups is 1. The Bertz CT molecular complexity index is 3440. The first kappa shape index (κ1) is 57.7. The summed E-state index contributed by atoms with van der Waals surface area (Å²) in [5, 5.41) is 2.40. The van der Waals surface area contributed by atoms with Crippen molar-refractivity contribution in [2.75, 3.05) is 13.1 Å². The molecule has 4 aromatic rings. The van der Waals surface area contributed by atoms with Crippen LogP contribution < -0.4 is 107 Å². The number of aliphatic imine (C=N–C) groups is 3. The van der Waals surface area contributed by atoms with E-state index in [2.05, 4.69) is 52.6 Å². The molecule has 0 fully saturated rings. The molecule has 20 heteroatoms. The third-order valence-electron chi connectivity index (χ3n) is 11.6. The van der Waals surface area contributed by atoms with Gasteiger partial charge in [-0.2, -0.15) is 0 Å². The molecule has 7 rings (SSSR count). The van der Waals surface area contributed by atoms with Gasteiger partial charge in [0, 0.05) is 52.5 Å². The monoisotopic (exact) mass is 1060 g/mol. The molecule has 3 aliphatic heterocycles. The molecule has 1 aromatic heterocycles. The Morgan fingerprint density at radius 3 is 1.94 bits per heavy atom. The Balaban J connectivity index is 0.00000456. The number of allylic oxidation sites excluding steroid dienone is 6. The van der Waals surface area contributed by atoms with Gasteiger partial charge < -0.3 is 18.6 Å². The van der Waals surface area contributed by atoms with E-state index in [4.69, 9.17) is 22.2 Å². The van der Waals surface area contributed by atoms with E-state index in [-0.39, 0.29) is 130 Å². The second-order valence-corrected chi connectivity index (χ2v) is 21.4. The molecule has 0 bridgehead atoms. The van der Waals surface area contributed by atoms with E-state index in [0.717, 1.165) is 47.5 Å². The second-order valence-electron chi connectivity index (χ2n) is 17.1. The molecule has 14 nitrogen and oxygen atoms in total. The fourth-order valence-corrected chi connectivity index (χ4v) is 9.57. The number of pyridine rings is 1. The van der Waals surface area contributed by atoms with E-state index in [1.54, 1.807) is 22.9 Å². The molecular formula is C50H43K2N5O9S4. The summed E-state index contributed by atoms with van der Waals surface area (Å²) in [7, 11) is -14.0. The van der Waals surface area contributed by atoms with Crippen LogP contribution in [-0.4, -0.2) is 73.6 Å². The molecular weight excluding hydrogens is 1020 g/mol. The van der Waals surface area contributed by atoms with Crippen LogP contribution in [0.2, 0.25) is 0 Å². The number of thiocarbonyl (C=S) groups is 1. The average Bonchev–Trinajstić information content (AvgIpc) is 3.69. The normalized spacial score (nSPS) is 16.1. The van der Waals surface area contributed by atoms with Crippen LogP contribution in [0.1, 0.15) is 74.8 Å². The zero-order valence-corrected chi connectivity index (χ0v) is 48.8. The summed E-state index contributed by atoms with van der Waals surface area (Å²) >= 11 is 4.71. The van der Waals surface area contributed by atoms with Crippen molar-refractivity contribution in [3.8, 4) is 23.7 Å². The van der Waals surface area contributed by atoms with E-state index in [9.17, 15) is 38.9 Å². The second kappa shape index (κ2) is 23.8. The number of hydrogen-bond acceptors (Lipinski definition) is 14. The SMILES string of the molecule is CC1(C)C2=CC(C#Cc3ccc(S(=O)(=O)[O-])cc3)=CN(CCCCCN=C=S)C2=N/C1=C\C=C\C1=Nc2c(cc(C#Cc3ccc(S(=O)(=O)[O-])cc3)c[n+]2Cc2ccccc2S(=O)(=O)[O-])C1(C)C.[K+].[K+]. The molecule has 0 amide bonds. The maximum Gasteiger partial charge on any atom is 1.00 e. The van der Waals surface area contributed by atoms with Crippen LogP contribution >= 0.6 is 12.2 Å². The average molecular weight is 1060 g/mol. The summed E-state index contributed by atoms with van der Waals surface area (Å²) in [6.07, 6.45) is 14.0. The Kier molecular flexibility index (Phi) is 19.6. The standard InChI is InChI=1S/C50H45N5O9S4.2K/c1-49(2)42-29-37(17-15-35-19-23-40(24-20-35)66(56,57)58)31-54(28-9-5-8-27-51-34-65)47(42)52-45(49)13-10-14-46-50(3,4)43-30-38(18-16-36-21-25-41(26-22-36)67(59,60)61)32-55(48(43)53-46)33-39-11-6-7-12-44(39)68(62,63)64;;/h6-7,10-14,19-26,29-32H,5,8-9,27-28,33H2,1-4H3,(H2-,56,57,58,59,60,61,62,63,64);;/q;2*+1/p-2. The van der Waals surface area contributed by atoms with Crippen molar-refractivity contribution < 1.29 is 146 Å². The summed E-state index contributed by atoms with van der Waals surface area (Å²) in [4.78, 5) is 15.2. The number of benzene rings is 3. The smallest absolute Gasteiger partial charge is 0.744 e. The summed E-state index contributed by atoms with van der Waals surface area (Å²) < 4.78 is 107. The Labute approximate surface area is 500 Å². The van der Waals surface area contributed by atoms with Gasteiger partial charge in [0.25, 0.3) is 0 Å². The fourth-order valence-electron chi connectivity index (χ4n) is 7.84. The molecule has 3 aliphatic rings. The van der Waals surface area contributed by atoms with Gasteiger partial charge in [0.05, 0.1) is 42.1 Å². The maximum absolute atomic E-state index is 12.3. The number of hydrogen-bond donors (Lipinski definition) is 0. The zero-order valence-electron chi connectivity index (χ0n) is 39.3. The predicted octanol–water partition coefficient (Wildman–Crippen LogP) is 0.835. The molecule has 0 N–H and O–H groups in total. The van der Waals surface area contributed by atoms with Crippen molar-refractivity contribution in [3.63, 3.8) is 0 Å². The molecule has 0 atom stereocenters. The molecule has 3 aromatic carbocycles. The van der Waals surface area contributed by atoms with Crippen LogP contribution in [0.15, 0.2) is 162 Å². The van der Waals surface area contributed by atoms with Gasteiger partial charge in [-0.15, -0.1) is 0 Å². The Morgan fingerprint density at radius 2 is 1.34 bits per heavy atom. The number of unbranched alkanes of at least 4 members (excludes halogenated alkanes) is 2. The number of nitrogens with zero attached hydrogens (tertiary/aromatic N) is 5. The third kappa shape index (κ3) is 13.9. The molecule has 0 saturated carbocycles.